The van der Waals surface area contributed by atoms with E-state index in [0.717, 1.165) is 25.7 Å². The Morgan fingerprint density at radius 3 is 2.30 bits per heavy atom. The number of primary sulfonamides is 1. The molecular weight excluding hydrogens is 310 g/mol. The molecule has 5 heteroatoms. The van der Waals surface area contributed by atoms with Gasteiger partial charge in [0.2, 0.25) is 10.0 Å². The summed E-state index contributed by atoms with van der Waals surface area (Å²) in [5.41, 5.74) is 0.659. The fourth-order valence-electron chi connectivity index (χ4n) is 3.30. The van der Waals surface area contributed by atoms with E-state index in [1.807, 2.05) is 6.07 Å². The van der Waals surface area contributed by atoms with Gasteiger partial charge in [0.25, 0.3) is 0 Å². The quantitative estimate of drug-likeness (QED) is 0.601. The maximum Gasteiger partial charge on any atom is 0.238 e. The Morgan fingerprint density at radius 1 is 1.04 bits per heavy atom. The summed E-state index contributed by atoms with van der Waals surface area (Å²) in [6, 6.07) is 6.81. The van der Waals surface area contributed by atoms with E-state index in [0.29, 0.717) is 5.56 Å². The van der Waals surface area contributed by atoms with Gasteiger partial charge < -0.3 is 5.11 Å². The highest BCUT2D eigenvalue weighted by Gasteiger charge is 2.26. The molecule has 2 atom stereocenters. The van der Waals surface area contributed by atoms with Crippen molar-refractivity contribution in [3.8, 4) is 0 Å². The smallest absolute Gasteiger partial charge is 0.238 e. The third-order valence-corrected chi connectivity index (χ3v) is 5.46. The average Bonchev–Trinajstić information content (AvgIpc) is 2.51. The molecule has 0 aliphatic rings. The van der Waals surface area contributed by atoms with Gasteiger partial charge in [-0.05, 0) is 24.0 Å². The summed E-state index contributed by atoms with van der Waals surface area (Å²) in [7, 11) is -3.78. The summed E-state index contributed by atoms with van der Waals surface area (Å²) in [6.45, 7) is 4.26. The number of hydrogen-bond acceptors (Lipinski definition) is 3. The van der Waals surface area contributed by atoms with Crippen molar-refractivity contribution >= 4 is 10.0 Å². The first-order valence-electron chi connectivity index (χ1n) is 8.68. The molecule has 0 aliphatic heterocycles. The lowest BCUT2D eigenvalue weighted by atomic mass is 9.80. The van der Waals surface area contributed by atoms with Crippen molar-refractivity contribution in [3.05, 3.63) is 29.8 Å². The second-order valence-corrected chi connectivity index (χ2v) is 7.80. The summed E-state index contributed by atoms with van der Waals surface area (Å²) in [6.07, 6.45) is 7.73. The van der Waals surface area contributed by atoms with Crippen LogP contribution in [-0.4, -0.2) is 20.1 Å². The molecule has 0 aliphatic carbocycles. The van der Waals surface area contributed by atoms with Crippen LogP contribution in [0.2, 0.25) is 0 Å². The van der Waals surface area contributed by atoms with Crippen LogP contribution in [0.3, 0.4) is 0 Å². The fraction of sp³-hybridized carbons (Fsp3) is 0.667. The number of aliphatic hydroxyl groups is 1. The summed E-state index contributed by atoms with van der Waals surface area (Å²) < 4.78 is 23.7. The number of aliphatic hydroxyl groups excluding tert-OH is 1. The summed E-state index contributed by atoms with van der Waals surface area (Å²) in [5, 5.41) is 15.3. The van der Waals surface area contributed by atoms with Gasteiger partial charge in [0.15, 0.2) is 0 Å². The molecule has 4 nitrogen and oxygen atoms in total. The standard InChI is InChI=1S/C18H31NO3S/c1-3-5-6-7-11-15(10-4-2)17(14-20)16-12-8-9-13-18(16)23(19,21)22/h8-9,12-13,15,17,20H,3-7,10-11,14H2,1-2H3,(H2,19,21,22)/t15-,17+/m1/s1. The number of sulfonamides is 1. The third-order valence-electron chi connectivity index (χ3n) is 4.48. The van der Waals surface area contributed by atoms with Crippen molar-refractivity contribution in [2.24, 2.45) is 11.1 Å². The fourth-order valence-corrected chi connectivity index (χ4v) is 4.11. The van der Waals surface area contributed by atoms with Crippen LogP contribution in [0.4, 0.5) is 0 Å². The monoisotopic (exact) mass is 341 g/mol. The molecule has 132 valence electrons. The molecule has 3 N–H and O–H groups in total. The molecule has 1 aromatic rings. The van der Waals surface area contributed by atoms with Gasteiger partial charge in [0.05, 0.1) is 11.5 Å². The molecule has 0 aromatic heterocycles. The normalized spacial score (nSPS) is 14.6. The number of rotatable bonds is 11. The van der Waals surface area contributed by atoms with Crippen LogP contribution in [0, 0.1) is 5.92 Å². The first kappa shape index (κ1) is 20.1. The van der Waals surface area contributed by atoms with E-state index in [9.17, 15) is 13.5 Å². The van der Waals surface area contributed by atoms with Crippen molar-refractivity contribution < 1.29 is 13.5 Å². The molecule has 0 spiro atoms. The second kappa shape index (κ2) is 10.1. The van der Waals surface area contributed by atoms with Gasteiger partial charge in [-0.3, -0.25) is 0 Å². The Morgan fingerprint density at radius 2 is 1.74 bits per heavy atom. The Hall–Kier alpha value is -0.910. The van der Waals surface area contributed by atoms with Crippen LogP contribution in [0.1, 0.15) is 70.3 Å². The van der Waals surface area contributed by atoms with Crippen molar-refractivity contribution in [3.63, 3.8) is 0 Å². The molecule has 23 heavy (non-hydrogen) atoms. The Kier molecular flexibility index (Phi) is 8.81. The molecule has 0 bridgehead atoms. The zero-order valence-electron chi connectivity index (χ0n) is 14.4. The summed E-state index contributed by atoms with van der Waals surface area (Å²) in [5.74, 6) is 0.107. The largest absolute Gasteiger partial charge is 0.396 e. The maximum absolute atomic E-state index is 11.8. The first-order chi connectivity index (χ1) is 11.0. The van der Waals surface area contributed by atoms with E-state index in [1.165, 1.54) is 25.3 Å². The first-order valence-corrected chi connectivity index (χ1v) is 10.2. The average molecular weight is 342 g/mol. The van der Waals surface area contributed by atoms with Crippen LogP contribution in [0.15, 0.2) is 29.2 Å². The Balaban J connectivity index is 3.03. The minimum absolute atomic E-state index is 0.0506. The molecule has 0 unspecified atom stereocenters. The highest BCUT2D eigenvalue weighted by molar-refractivity contribution is 7.89. The van der Waals surface area contributed by atoms with E-state index in [-0.39, 0.29) is 23.3 Å². The minimum atomic E-state index is -3.78. The number of hydrogen-bond donors (Lipinski definition) is 2. The van der Waals surface area contributed by atoms with E-state index < -0.39 is 10.0 Å². The molecule has 0 saturated carbocycles. The third kappa shape index (κ3) is 6.24. The number of benzene rings is 1. The molecule has 0 fully saturated rings. The summed E-state index contributed by atoms with van der Waals surface area (Å²) >= 11 is 0. The van der Waals surface area contributed by atoms with Gasteiger partial charge >= 0.3 is 0 Å². The topological polar surface area (TPSA) is 80.4 Å². The predicted molar refractivity (Wildman–Crippen MR) is 94.8 cm³/mol. The van der Waals surface area contributed by atoms with Crippen molar-refractivity contribution in [1.29, 1.82) is 0 Å². The molecule has 1 rings (SSSR count). The van der Waals surface area contributed by atoms with Crippen LogP contribution in [-0.2, 0) is 10.0 Å². The van der Waals surface area contributed by atoms with Gasteiger partial charge in [-0.2, -0.15) is 0 Å². The van der Waals surface area contributed by atoms with E-state index in [2.05, 4.69) is 13.8 Å². The van der Waals surface area contributed by atoms with E-state index in [4.69, 9.17) is 5.14 Å². The molecule has 1 aromatic carbocycles. The van der Waals surface area contributed by atoms with Crippen LogP contribution >= 0.6 is 0 Å². The van der Waals surface area contributed by atoms with E-state index >= 15 is 0 Å². The van der Waals surface area contributed by atoms with Gasteiger partial charge in [-0.1, -0.05) is 70.6 Å². The van der Waals surface area contributed by atoms with Gasteiger partial charge in [0.1, 0.15) is 0 Å². The highest BCUT2D eigenvalue weighted by atomic mass is 32.2. The molecular formula is C18H31NO3S. The Labute approximate surface area is 141 Å². The van der Waals surface area contributed by atoms with Crippen molar-refractivity contribution in [1.82, 2.24) is 0 Å². The molecule has 0 radical (unpaired) electrons. The van der Waals surface area contributed by atoms with E-state index in [1.54, 1.807) is 12.1 Å². The van der Waals surface area contributed by atoms with Crippen LogP contribution in [0.5, 0.6) is 0 Å². The second-order valence-electron chi connectivity index (χ2n) is 6.27. The lowest BCUT2D eigenvalue weighted by Crippen LogP contribution is -2.22. The predicted octanol–water partition coefficient (Wildman–Crippen LogP) is 3.80. The molecule has 0 heterocycles. The van der Waals surface area contributed by atoms with Gasteiger partial charge in [-0.15, -0.1) is 0 Å². The Bertz CT molecular complexity index is 557. The lowest BCUT2D eigenvalue weighted by Gasteiger charge is -2.27. The van der Waals surface area contributed by atoms with Crippen LogP contribution < -0.4 is 5.14 Å². The van der Waals surface area contributed by atoms with Crippen molar-refractivity contribution in [2.45, 2.75) is 69.6 Å². The molecule has 0 amide bonds. The number of unbranched alkanes of at least 4 members (excludes halogenated alkanes) is 3. The SMILES string of the molecule is CCCCCC[C@@H](CCC)[C@H](CO)c1ccccc1S(N)(=O)=O. The van der Waals surface area contributed by atoms with Gasteiger partial charge in [0, 0.05) is 5.92 Å². The van der Waals surface area contributed by atoms with Gasteiger partial charge in [-0.25, -0.2) is 13.6 Å². The lowest BCUT2D eigenvalue weighted by molar-refractivity contribution is 0.208. The van der Waals surface area contributed by atoms with Crippen molar-refractivity contribution in [2.75, 3.05) is 6.61 Å². The maximum atomic E-state index is 11.8. The highest BCUT2D eigenvalue weighted by Crippen LogP contribution is 2.35. The zero-order chi connectivity index (χ0) is 17.3. The molecule has 0 saturated heterocycles. The van der Waals surface area contributed by atoms with Crippen LogP contribution in [0.25, 0.3) is 0 Å². The number of nitrogens with two attached hydrogens (primary N) is 1. The minimum Gasteiger partial charge on any atom is -0.396 e. The summed E-state index contributed by atoms with van der Waals surface area (Å²) in [4.78, 5) is 0.147. The zero-order valence-corrected chi connectivity index (χ0v) is 15.2.